The van der Waals surface area contributed by atoms with E-state index in [0.717, 1.165) is 5.56 Å². The number of anilines is 1. The lowest BCUT2D eigenvalue weighted by Gasteiger charge is -2.25. The zero-order valence-electron chi connectivity index (χ0n) is 15.7. The van der Waals surface area contributed by atoms with Gasteiger partial charge >= 0.3 is 5.97 Å². The van der Waals surface area contributed by atoms with Crippen molar-refractivity contribution in [2.75, 3.05) is 11.4 Å². The number of amides is 1. The van der Waals surface area contributed by atoms with Crippen molar-refractivity contribution in [1.82, 2.24) is 4.98 Å². The molecule has 2 rings (SSSR count). The monoisotopic (exact) mass is 348 g/mol. The maximum Gasteiger partial charge on any atom is 0.326 e. The molecule has 1 aliphatic rings. The molecule has 25 heavy (non-hydrogen) atoms. The van der Waals surface area contributed by atoms with E-state index in [2.05, 4.69) is 17.8 Å². The summed E-state index contributed by atoms with van der Waals surface area (Å²) in [6.07, 6.45) is 10.7. The normalized spacial score (nSPS) is 16.2. The van der Waals surface area contributed by atoms with Gasteiger partial charge in [-0.2, -0.15) is 0 Å². The zero-order valence-corrected chi connectivity index (χ0v) is 15.7. The van der Waals surface area contributed by atoms with Gasteiger partial charge in [0, 0.05) is 18.8 Å². The Kier molecular flexibility index (Phi) is 9.47. The van der Waals surface area contributed by atoms with E-state index in [0.29, 0.717) is 12.1 Å². The van der Waals surface area contributed by atoms with E-state index in [4.69, 9.17) is 4.74 Å². The minimum Gasteiger partial charge on any atom is -0.459 e. The predicted molar refractivity (Wildman–Crippen MR) is 98.0 cm³/mol. The first-order chi connectivity index (χ1) is 11.8. The molecule has 1 atom stereocenters. The number of carbonyl (C=O) groups excluding carboxylic acids is 2. The Morgan fingerprint density at radius 3 is 2.52 bits per heavy atom. The van der Waals surface area contributed by atoms with Gasteiger partial charge in [0.05, 0.1) is 18.2 Å². The zero-order chi connectivity index (χ0) is 19.6. The number of hydrogen-bond acceptors (Lipinski definition) is 5. The van der Waals surface area contributed by atoms with Crippen LogP contribution in [0.5, 0.6) is 0 Å². The molecule has 1 N–H and O–H groups in total. The van der Waals surface area contributed by atoms with Crippen molar-refractivity contribution < 1.29 is 19.4 Å². The molecule has 0 aliphatic carbocycles. The van der Waals surface area contributed by atoms with Gasteiger partial charge in [-0.15, -0.1) is 12.8 Å². The van der Waals surface area contributed by atoms with Gasteiger partial charge in [0.1, 0.15) is 12.1 Å². The van der Waals surface area contributed by atoms with Crippen LogP contribution in [-0.4, -0.2) is 40.2 Å². The topological polar surface area (TPSA) is 79.7 Å². The SMILES string of the molecule is C#C.CC.CC(C)(C)OC(=O)CN1C(=O)CC(O)Cc2cnccc21. The summed E-state index contributed by atoms with van der Waals surface area (Å²) in [7, 11) is 0. The third-order valence-corrected chi connectivity index (χ3v) is 3.04. The number of nitrogens with zero attached hydrogens (tertiary/aromatic N) is 2. The number of rotatable bonds is 2. The van der Waals surface area contributed by atoms with Crippen LogP contribution in [0.4, 0.5) is 5.69 Å². The molecule has 0 fully saturated rings. The van der Waals surface area contributed by atoms with E-state index < -0.39 is 17.7 Å². The van der Waals surface area contributed by atoms with E-state index in [1.165, 1.54) is 4.90 Å². The first kappa shape index (κ1) is 22.6. The number of aliphatic hydroxyl groups excluding tert-OH is 1. The Balaban J connectivity index is 0.00000134. The smallest absolute Gasteiger partial charge is 0.326 e. The average Bonchev–Trinajstić information content (AvgIpc) is 2.66. The van der Waals surface area contributed by atoms with Crippen LogP contribution in [0.3, 0.4) is 0 Å². The minimum absolute atomic E-state index is 0.0164. The average molecular weight is 348 g/mol. The number of carbonyl (C=O) groups is 2. The van der Waals surface area contributed by atoms with Gasteiger partial charge < -0.3 is 14.7 Å². The Bertz CT molecular complexity index is 591. The molecule has 1 aliphatic heterocycles. The van der Waals surface area contributed by atoms with E-state index in [9.17, 15) is 14.7 Å². The molecule has 1 unspecified atom stereocenters. The molecule has 138 valence electrons. The van der Waals surface area contributed by atoms with Gasteiger partial charge in [-0.1, -0.05) is 13.8 Å². The lowest BCUT2D eigenvalue weighted by Crippen LogP contribution is -2.39. The lowest BCUT2D eigenvalue weighted by molar-refractivity contribution is -0.153. The highest BCUT2D eigenvalue weighted by Gasteiger charge is 2.29. The molecule has 6 nitrogen and oxygen atoms in total. The number of esters is 1. The molecule has 6 heteroatoms. The molecular formula is C19H28N2O4. The number of hydrogen-bond donors (Lipinski definition) is 1. The molecule has 0 saturated carbocycles. The van der Waals surface area contributed by atoms with Gasteiger partial charge in [0.2, 0.25) is 5.91 Å². The molecule has 0 bridgehead atoms. The first-order valence-corrected chi connectivity index (χ1v) is 8.23. The van der Waals surface area contributed by atoms with Gasteiger partial charge in [-0.25, -0.2) is 0 Å². The number of ether oxygens (including phenoxy) is 1. The maximum absolute atomic E-state index is 12.2. The summed E-state index contributed by atoms with van der Waals surface area (Å²) >= 11 is 0. The molecule has 1 amide bonds. The van der Waals surface area contributed by atoms with Crippen LogP contribution in [-0.2, 0) is 20.7 Å². The van der Waals surface area contributed by atoms with Crippen LogP contribution in [0.25, 0.3) is 0 Å². The van der Waals surface area contributed by atoms with E-state index in [-0.39, 0.29) is 18.9 Å². The van der Waals surface area contributed by atoms with Crippen molar-refractivity contribution >= 4 is 17.6 Å². The summed E-state index contributed by atoms with van der Waals surface area (Å²) in [5, 5.41) is 9.85. The van der Waals surface area contributed by atoms with Crippen LogP contribution in [0, 0.1) is 12.8 Å². The van der Waals surface area contributed by atoms with Crippen molar-refractivity contribution in [2.24, 2.45) is 0 Å². The van der Waals surface area contributed by atoms with Crippen molar-refractivity contribution in [2.45, 2.75) is 59.2 Å². The fourth-order valence-corrected chi connectivity index (χ4v) is 2.29. The molecule has 0 spiro atoms. The first-order valence-electron chi connectivity index (χ1n) is 8.23. The second-order valence-electron chi connectivity index (χ2n) is 6.13. The van der Waals surface area contributed by atoms with Gasteiger partial charge in [0.15, 0.2) is 0 Å². The Morgan fingerprint density at radius 2 is 1.96 bits per heavy atom. The molecular weight excluding hydrogens is 320 g/mol. The van der Waals surface area contributed by atoms with Crippen molar-refractivity contribution in [1.29, 1.82) is 0 Å². The summed E-state index contributed by atoms with van der Waals surface area (Å²) in [6, 6.07) is 1.68. The summed E-state index contributed by atoms with van der Waals surface area (Å²) in [4.78, 5) is 29.6. The van der Waals surface area contributed by atoms with Crippen LogP contribution in [0.1, 0.15) is 46.6 Å². The second-order valence-corrected chi connectivity index (χ2v) is 6.13. The summed E-state index contributed by atoms with van der Waals surface area (Å²) in [5.41, 5.74) is 0.754. The Hall–Kier alpha value is -2.39. The summed E-state index contributed by atoms with van der Waals surface area (Å²) in [6.45, 7) is 9.16. The third-order valence-electron chi connectivity index (χ3n) is 3.04. The fraction of sp³-hybridized carbons (Fsp3) is 0.526. The highest BCUT2D eigenvalue weighted by Crippen LogP contribution is 2.26. The fourth-order valence-electron chi connectivity index (χ4n) is 2.29. The highest BCUT2D eigenvalue weighted by molar-refractivity contribution is 5.99. The maximum atomic E-state index is 12.2. The van der Waals surface area contributed by atoms with Crippen LogP contribution >= 0.6 is 0 Å². The molecule has 2 heterocycles. The lowest BCUT2D eigenvalue weighted by atomic mass is 10.1. The van der Waals surface area contributed by atoms with Crippen molar-refractivity contribution in [3.63, 3.8) is 0 Å². The molecule has 0 saturated heterocycles. The predicted octanol–water partition coefficient (Wildman–Crippen LogP) is 2.34. The van der Waals surface area contributed by atoms with Gasteiger partial charge in [-0.05, 0) is 32.4 Å². The van der Waals surface area contributed by atoms with E-state index in [1.807, 2.05) is 13.8 Å². The summed E-state index contributed by atoms with van der Waals surface area (Å²) in [5.74, 6) is -0.770. The second kappa shape index (κ2) is 10.5. The third kappa shape index (κ3) is 7.36. The van der Waals surface area contributed by atoms with Crippen molar-refractivity contribution in [3.05, 3.63) is 24.0 Å². The van der Waals surface area contributed by atoms with Gasteiger partial charge in [0.25, 0.3) is 0 Å². The largest absolute Gasteiger partial charge is 0.459 e. The molecule has 1 aromatic rings. The Labute approximate surface area is 150 Å². The quantitative estimate of drug-likeness (QED) is 0.655. The standard InChI is InChI=1S/C15H20N2O4.C2H6.C2H2/c1-15(2,3)21-14(20)9-17-12-4-5-16-8-10(12)6-11(18)7-13(17)19;2*1-2/h4-5,8,11,18H,6-7,9H2,1-3H3;1-2H3;1-2H. The van der Waals surface area contributed by atoms with Gasteiger partial charge in [-0.3, -0.25) is 14.6 Å². The van der Waals surface area contributed by atoms with Crippen molar-refractivity contribution in [3.8, 4) is 12.8 Å². The Morgan fingerprint density at radius 1 is 1.36 bits per heavy atom. The number of aromatic nitrogens is 1. The van der Waals surface area contributed by atoms with Crippen LogP contribution < -0.4 is 4.90 Å². The number of fused-ring (bicyclic) bond motifs is 1. The minimum atomic E-state index is -0.760. The number of aliphatic hydroxyl groups is 1. The molecule has 1 aromatic heterocycles. The highest BCUT2D eigenvalue weighted by atomic mass is 16.6. The number of pyridine rings is 1. The van der Waals surface area contributed by atoms with Crippen LogP contribution in [0.2, 0.25) is 0 Å². The molecule has 0 aromatic carbocycles. The van der Waals surface area contributed by atoms with E-state index in [1.54, 1.807) is 39.2 Å². The summed E-state index contributed by atoms with van der Waals surface area (Å²) < 4.78 is 5.26. The molecule has 0 radical (unpaired) electrons. The van der Waals surface area contributed by atoms with Crippen LogP contribution in [0.15, 0.2) is 18.5 Å². The van der Waals surface area contributed by atoms with E-state index >= 15 is 0 Å². The number of terminal acetylenes is 1.